The second-order valence-corrected chi connectivity index (χ2v) is 8.65. The molecule has 0 saturated heterocycles. The van der Waals surface area contributed by atoms with Gasteiger partial charge in [0.2, 0.25) is 0 Å². The summed E-state index contributed by atoms with van der Waals surface area (Å²) >= 11 is 1.43. The molecule has 35 heavy (non-hydrogen) atoms. The quantitative estimate of drug-likeness (QED) is 0.321. The molecule has 1 amide bonds. The summed E-state index contributed by atoms with van der Waals surface area (Å²) in [7, 11) is 3.16. The first kappa shape index (κ1) is 22.6. The zero-order valence-electron chi connectivity index (χ0n) is 19.5. The standard InChI is InChI=1S/C27H23N3O4S/c1-4-34-19-11-12-20-24(16-19)35-27(29-20)30-25(18-8-6-5-7-9-18)28-21(26(30)31)14-17-10-13-22(32-2)23(15-17)33-3/h5-16H,4H2,1-3H3/b21-14+. The summed E-state index contributed by atoms with van der Waals surface area (Å²) in [6.07, 6.45) is 1.74. The van der Waals surface area contributed by atoms with Gasteiger partial charge in [-0.25, -0.2) is 14.9 Å². The summed E-state index contributed by atoms with van der Waals surface area (Å²) in [6, 6.07) is 20.8. The Balaban J connectivity index is 1.59. The number of hydrogen-bond acceptors (Lipinski definition) is 7. The molecule has 0 atom stereocenters. The molecule has 0 spiro atoms. The minimum Gasteiger partial charge on any atom is -0.494 e. The number of hydrogen-bond donors (Lipinski definition) is 0. The number of fused-ring (bicyclic) bond motifs is 1. The number of thiazole rings is 1. The van der Waals surface area contributed by atoms with Gasteiger partial charge in [0.1, 0.15) is 17.3 Å². The molecule has 0 bridgehead atoms. The minimum absolute atomic E-state index is 0.247. The third kappa shape index (κ3) is 4.36. The predicted octanol–water partition coefficient (Wildman–Crippen LogP) is 5.55. The number of anilines is 1. The number of nitrogens with zero attached hydrogens (tertiary/aromatic N) is 3. The fraction of sp³-hybridized carbons (Fsp3) is 0.148. The van der Waals surface area contributed by atoms with Gasteiger partial charge in [-0.1, -0.05) is 47.7 Å². The number of rotatable bonds is 7. The van der Waals surface area contributed by atoms with Crippen LogP contribution in [-0.4, -0.2) is 37.6 Å². The SMILES string of the molecule is CCOc1ccc2nc(N3C(=O)/C(=C\c4ccc(OC)c(OC)c4)N=C3c3ccccc3)sc2c1. The van der Waals surface area contributed by atoms with E-state index in [2.05, 4.69) is 0 Å². The summed E-state index contributed by atoms with van der Waals surface area (Å²) in [5.41, 5.74) is 2.71. The maximum absolute atomic E-state index is 13.6. The Hall–Kier alpha value is -4.17. The van der Waals surface area contributed by atoms with Gasteiger partial charge in [-0.2, -0.15) is 0 Å². The van der Waals surface area contributed by atoms with E-state index < -0.39 is 0 Å². The van der Waals surface area contributed by atoms with Gasteiger partial charge in [0, 0.05) is 5.56 Å². The van der Waals surface area contributed by atoms with E-state index >= 15 is 0 Å². The van der Waals surface area contributed by atoms with Crippen molar-refractivity contribution in [1.82, 2.24) is 4.98 Å². The molecule has 3 aromatic carbocycles. The van der Waals surface area contributed by atoms with E-state index in [1.165, 1.54) is 11.3 Å². The third-order valence-electron chi connectivity index (χ3n) is 5.45. The van der Waals surface area contributed by atoms with E-state index in [4.69, 9.17) is 24.2 Å². The van der Waals surface area contributed by atoms with Crippen molar-refractivity contribution in [3.05, 3.63) is 83.6 Å². The Morgan fingerprint density at radius 2 is 1.77 bits per heavy atom. The number of methoxy groups -OCH3 is 2. The van der Waals surface area contributed by atoms with Crippen LogP contribution in [-0.2, 0) is 4.79 Å². The molecule has 1 aromatic heterocycles. The molecule has 0 fully saturated rings. The van der Waals surface area contributed by atoms with Crippen molar-refractivity contribution in [3.8, 4) is 17.2 Å². The van der Waals surface area contributed by atoms with Crippen LogP contribution in [0.25, 0.3) is 16.3 Å². The summed E-state index contributed by atoms with van der Waals surface area (Å²) in [5, 5.41) is 0.553. The van der Waals surface area contributed by atoms with Crippen molar-refractivity contribution in [3.63, 3.8) is 0 Å². The van der Waals surface area contributed by atoms with Gasteiger partial charge < -0.3 is 14.2 Å². The molecule has 4 aromatic rings. The molecule has 0 unspecified atom stereocenters. The Morgan fingerprint density at radius 1 is 0.971 bits per heavy atom. The second-order valence-electron chi connectivity index (χ2n) is 7.64. The number of aliphatic imine (C=N–C) groups is 1. The number of carbonyl (C=O) groups is 1. The average Bonchev–Trinajstić information content (AvgIpc) is 3.45. The molecule has 8 heteroatoms. The lowest BCUT2D eigenvalue weighted by molar-refractivity contribution is -0.113. The number of amides is 1. The summed E-state index contributed by atoms with van der Waals surface area (Å²) in [5.74, 6) is 2.25. The zero-order chi connectivity index (χ0) is 24.4. The van der Waals surface area contributed by atoms with Crippen LogP contribution in [0.5, 0.6) is 17.2 Å². The number of benzene rings is 3. The first-order valence-electron chi connectivity index (χ1n) is 11.1. The summed E-state index contributed by atoms with van der Waals surface area (Å²) < 4.78 is 17.3. The number of amidine groups is 1. The highest BCUT2D eigenvalue weighted by atomic mass is 32.1. The van der Waals surface area contributed by atoms with Crippen LogP contribution in [0.3, 0.4) is 0 Å². The van der Waals surface area contributed by atoms with E-state index in [-0.39, 0.29) is 5.91 Å². The van der Waals surface area contributed by atoms with Crippen LogP contribution in [0, 0.1) is 0 Å². The molecule has 176 valence electrons. The maximum atomic E-state index is 13.6. The van der Waals surface area contributed by atoms with Crippen molar-refractivity contribution >= 4 is 44.5 Å². The predicted molar refractivity (Wildman–Crippen MR) is 139 cm³/mol. The Kier molecular flexibility index (Phi) is 6.20. The maximum Gasteiger partial charge on any atom is 0.284 e. The van der Waals surface area contributed by atoms with Gasteiger partial charge in [-0.05, 0) is 48.9 Å². The highest BCUT2D eigenvalue weighted by molar-refractivity contribution is 7.22. The second kappa shape index (κ2) is 9.60. The molecule has 0 radical (unpaired) electrons. The summed E-state index contributed by atoms with van der Waals surface area (Å²) in [4.78, 5) is 24.7. The first-order chi connectivity index (χ1) is 17.1. The average molecular weight is 486 g/mol. The van der Waals surface area contributed by atoms with E-state index in [9.17, 15) is 4.79 Å². The van der Waals surface area contributed by atoms with Crippen LogP contribution in [0.15, 0.2) is 77.4 Å². The Bertz CT molecular complexity index is 1460. The molecule has 5 rings (SSSR count). The Morgan fingerprint density at radius 3 is 2.51 bits per heavy atom. The molecule has 1 aliphatic heterocycles. The fourth-order valence-corrected chi connectivity index (χ4v) is 4.82. The smallest absolute Gasteiger partial charge is 0.284 e. The van der Waals surface area contributed by atoms with Gasteiger partial charge in [0.15, 0.2) is 16.6 Å². The largest absolute Gasteiger partial charge is 0.494 e. The third-order valence-corrected chi connectivity index (χ3v) is 6.46. The highest BCUT2D eigenvalue weighted by Gasteiger charge is 2.34. The van der Waals surface area contributed by atoms with Crippen molar-refractivity contribution in [2.24, 2.45) is 4.99 Å². The lowest BCUT2D eigenvalue weighted by Gasteiger charge is -2.14. The van der Waals surface area contributed by atoms with E-state index in [0.29, 0.717) is 34.8 Å². The molecule has 7 nitrogen and oxygen atoms in total. The van der Waals surface area contributed by atoms with Crippen molar-refractivity contribution < 1.29 is 19.0 Å². The lowest BCUT2D eigenvalue weighted by atomic mass is 10.1. The number of carbonyl (C=O) groups excluding carboxylic acids is 1. The normalized spacial score (nSPS) is 14.5. The molecule has 2 heterocycles. The van der Waals surface area contributed by atoms with Crippen molar-refractivity contribution in [1.29, 1.82) is 0 Å². The number of aromatic nitrogens is 1. The molecular weight excluding hydrogens is 462 g/mol. The van der Waals surface area contributed by atoms with Gasteiger partial charge in [0.25, 0.3) is 5.91 Å². The van der Waals surface area contributed by atoms with Crippen LogP contribution >= 0.6 is 11.3 Å². The van der Waals surface area contributed by atoms with Crippen LogP contribution in [0.4, 0.5) is 5.13 Å². The monoisotopic (exact) mass is 485 g/mol. The van der Waals surface area contributed by atoms with E-state index in [1.54, 1.807) is 31.3 Å². The van der Waals surface area contributed by atoms with Gasteiger partial charge >= 0.3 is 0 Å². The molecular formula is C27H23N3O4S. The van der Waals surface area contributed by atoms with Gasteiger partial charge in [-0.3, -0.25) is 4.79 Å². The van der Waals surface area contributed by atoms with Crippen molar-refractivity contribution in [2.45, 2.75) is 6.92 Å². The zero-order valence-corrected chi connectivity index (χ0v) is 20.3. The van der Waals surface area contributed by atoms with Crippen LogP contribution in [0.1, 0.15) is 18.1 Å². The fourth-order valence-electron chi connectivity index (χ4n) is 3.82. The van der Waals surface area contributed by atoms with Gasteiger partial charge in [-0.15, -0.1) is 0 Å². The lowest BCUT2D eigenvalue weighted by Crippen LogP contribution is -2.32. The van der Waals surface area contributed by atoms with Crippen molar-refractivity contribution in [2.75, 3.05) is 25.7 Å². The van der Waals surface area contributed by atoms with Gasteiger partial charge in [0.05, 0.1) is 31.0 Å². The Labute approximate surface area is 206 Å². The van der Waals surface area contributed by atoms with Crippen LogP contribution in [0.2, 0.25) is 0 Å². The molecule has 0 aliphatic carbocycles. The molecule has 0 saturated carbocycles. The first-order valence-corrected chi connectivity index (χ1v) is 11.9. The van der Waals surface area contributed by atoms with E-state index in [1.807, 2.05) is 67.6 Å². The molecule has 1 aliphatic rings. The molecule has 0 N–H and O–H groups in total. The van der Waals surface area contributed by atoms with E-state index in [0.717, 1.165) is 27.1 Å². The summed E-state index contributed by atoms with van der Waals surface area (Å²) in [6.45, 7) is 2.52. The van der Waals surface area contributed by atoms with Crippen LogP contribution < -0.4 is 19.1 Å². The minimum atomic E-state index is -0.247. The topological polar surface area (TPSA) is 73.2 Å². The highest BCUT2D eigenvalue weighted by Crippen LogP contribution is 2.36. The number of ether oxygens (including phenoxy) is 3.